The lowest BCUT2D eigenvalue weighted by Gasteiger charge is -2.38. The van der Waals surface area contributed by atoms with Crippen LogP contribution in [0.5, 0.6) is 0 Å². The van der Waals surface area contributed by atoms with Crippen molar-refractivity contribution in [1.82, 2.24) is 0 Å². The van der Waals surface area contributed by atoms with Gasteiger partial charge in [0.1, 0.15) is 55.4 Å². The second-order valence-electron chi connectivity index (χ2n) is 19.6. The summed E-state index contributed by atoms with van der Waals surface area (Å²) in [6.45, 7) is 5.44. The molecule has 0 aromatic heterocycles. The summed E-state index contributed by atoms with van der Waals surface area (Å²) in [6.07, 6.45) is -5.10. The van der Waals surface area contributed by atoms with Crippen molar-refractivity contribution < 1.29 is 52.5 Å². The summed E-state index contributed by atoms with van der Waals surface area (Å²) in [6, 6.07) is 79.8. The van der Waals surface area contributed by atoms with E-state index in [-0.39, 0.29) is 79.3 Å². The average Bonchev–Trinajstić information content (AvgIpc) is 3.53. The van der Waals surface area contributed by atoms with Gasteiger partial charge >= 0.3 is 0 Å². The molecule has 11 nitrogen and oxygen atoms in total. The smallest absolute Gasteiger partial charge is 0.121 e. The molecule has 11 heteroatoms. The number of aliphatic hydroxyl groups is 1. The Balaban J connectivity index is 1.18. The molecule has 0 aliphatic heterocycles. The van der Waals surface area contributed by atoms with Crippen LogP contribution < -0.4 is 0 Å². The number of rotatable bonds is 38. The number of ether oxygens (including phenoxy) is 10. The van der Waals surface area contributed by atoms with Gasteiger partial charge in [-0.15, -0.1) is 0 Å². The van der Waals surface area contributed by atoms with Gasteiger partial charge in [-0.2, -0.15) is 0 Å². The minimum atomic E-state index is -0.873. The highest BCUT2D eigenvalue weighted by Gasteiger charge is 2.42. The molecular weight excluding hydrogens is 1020 g/mol. The summed E-state index contributed by atoms with van der Waals surface area (Å²) in [5, 5.41) is 11.4. The Morgan fingerprint density at radius 1 is 0.272 bits per heavy atom. The maximum atomic E-state index is 11.4. The van der Waals surface area contributed by atoms with E-state index in [1.807, 2.05) is 243 Å². The zero-order valence-corrected chi connectivity index (χ0v) is 46.0. The molecule has 0 aliphatic carbocycles. The molecule has 0 saturated heterocycles. The summed E-state index contributed by atoms with van der Waals surface area (Å²) >= 11 is 0. The fraction of sp³-hybridized carbons (Fsp3) is 0.286. The lowest BCUT2D eigenvalue weighted by molar-refractivity contribution is -0.217. The maximum absolute atomic E-state index is 11.4. The normalized spacial score (nSPS) is 14.4. The molecule has 0 saturated carbocycles. The largest absolute Gasteiger partial charge is 0.499 e. The summed E-state index contributed by atoms with van der Waals surface area (Å²) in [7, 11) is 0. The lowest BCUT2D eigenvalue weighted by Crippen LogP contribution is -2.53. The van der Waals surface area contributed by atoms with Gasteiger partial charge in [-0.05, 0) is 44.5 Å². The van der Waals surface area contributed by atoms with Crippen molar-refractivity contribution in [3.8, 4) is 0 Å². The van der Waals surface area contributed by atoms with Crippen LogP contribution in [0.1, 0.15) is 44.5 Å². The minimum absolute atomic E-state index is 0.00524. The standard InChI is InChI=1S/C70H76O11/c1-2-72-52-64(75-45-56-29-13-4-14-30-56)69(80-50-61-39-23-9-24-40-61)70(81-51-62-41-25-10-26-42-62)66(77-47-58-33-17-6-18-34-58)54-73-53-65(76-46-57-31-15-5-16-32-57)68(79-49-60-37-21-8-22-38-60)67(78-48-59-35-19-7-20-36-59)63(43-71)74-44-55-27-11-3-12-28-55/h2-42,63-71H,1,43-54H2/t63-,64+,65-,66+,67-,68-,69+,70+/m1/s1. The van der Waals surface area contributed by atoms with Crippen molar-refractivity contribution in [2.24, 2.45) is 0 Å². The van der Waals surface area contributed by atoms with E-state index in [4.69, 9.17) is 47.4 Å². The second kappa shape index (κ2) is 34.9. The lowest BCUT2D eigenvalue weighted by atomic mass is 10.0. The highest BCUT2D eigenvalue weighted by Crippen LogP contribution is 2.27. The molecule has 0 aliphatic rings. The van der Waals surface area contributed by atoms with Crippen molar-refractivity contribution in [3.05, 3.63) is 300 Å². The molecule has 8 rings (SSSR count). The van der Waals surface area contributed by atoms with Crippen LogP contribution in [0.25, 0.3) is 0 Å². The molecule has 8 atom stereocenters. The number of benzene rings is 8. The van der Waals surface area contributed by atoms with Gasteiger partial charge in [0.2, 0.25) is 0 Å². The van der Waals surface area contributed by atoms with Crippen LogP contribution in [-0.2, 0) is 100 Å². The predicted molar refractivity (Wildman–Crippen MR) is 314 cm³/mol. The van der Waals surface area contributed by atoms with Crippen molar-refractivity contribution in [2.75, 3.05) is 26.4 Å². The van der Waals surface area contributed by atoms with Gasteiger partial charge in [0.25, 0.3) is 0 Å². The van der Waals surface area contributed by atoms with Gasteiger partial charge in [-0.25, -0.2) is 0 Å². The zero-order chi connectivity index (χ0) is 55.8. The van der Waals surface area contributed by atoms with E-state index in [9.17, 15) is 5.11 Å². The van der Waals surface area contributed by atoms with Gasteiger partial charge in [-0.3, -0.25) is 0 Å². The first kappa shape index (κ1) is 60.0. The molecule has 8 aromatic rings. The third kappa shape index (κ3) is 20.7. The molecule has 81 heavy (non-hydrogen) atoms. The maximum Gasteiger partial charge on any atom is 0.121 e. The molecule has 0 amide bonds. The first-order valence-corrected chi connectivity index (χ1v) is 27.8. The summed E-state index contributed by atoms with van der Waals surface area (Å²) < 4.78 is 68.9. The first-order valence-electron chi connectivity index (χ1n) is 27.8. The molecule has 0 radical (unpaired) electrons. The fourth-order valence-corrected chi connectivity index (χ4v) is 9.26. The Bertz CT molecular complexity index is 2850. The monoisotopic (exact) mass is 1090 g/mol. The van der Waals surface area contributed by atoms with E-state index in [2.05, 4.69) is 6.58 Å². The molecule has 1 N–H and O–H groups in total. The first-order chi connectivity index (χ1) is 40.1. The van der Waals surface area contributed by atoms with Gasteiger partial charge in [0.05, 0.1) is 78.9 Å². The van der Waals surface area contributed by atoms with Crippen molar-refractivity contribution in [1.29, 1.82) is 0 Å². The van der Waals surface area contributed by atoms with Crippen molar-refractivity contribution in [3.63, 3.8) is 0 Å². The van der Waals surface area contributed by atoms with Gasteiger partial charge < -0.3 is 52.5 Å². The van der Waals surface area contributed by atoms with Gasteiger partial charge in [0.15, 0.2) is 0 Å². The Morgan fingerprint density at radius 2 is 0.469 bits per heavy atom. The third-order valence-electron chi connectivity index (χ3n) is 13.6. The van der Waals surface area contributed by atoms with Gasteiger partial charge in [0, 0.05) is 0 Å². The molecule has 422 valence electrons. The molecule has 0 heterocycles. The Morgan fingerprint density at radius 3 is 0.691 bits per heavy atom. The summed E-state index contributed by atoms with van der Waals surface area (Å²) in [5.74, 6) is 0. The van der Waals surface area contributed by atoms with E-state index in [1.165, 1.54) is 6.26 Å². The highest BCUT2D eigenvalue weighted by molar-refractivity contribution is 5.19. The van der Waals surface area contributed by atoms with E-state index in [1.54, 1.807) is 0 Å². The molecule has 0 spiro atoms. The van der Waals surface area contributed by atoms with Gasteiger partial charge in [-0.1, -0.05) is 249 Å². The Kier molecular flexibility index (Phi) is 25.9. The van der Waals surface area contributed by atoms with Crippen LogP contribution in [0.15, 0.2) is 255 Å². The molecular formula is C70H76O11. The SMILES string of the molecule is C=COC[C@H](OCc1ccccc1)[C@H](OCc1ccccc1)[C@@H](OCc1ccccc1)[C@H](COC[C@@H](OCc1ccccc1)[C@@H](OCc1ccccc1)[C@H](OCc1ccccc1)[C@@H](CO)OCc1ccccc1)OCc1ccccc1. The molecule has 0 fully saturated rings. The van der Waals surface area contributed by atoms with Crippen LogP contribution in [-0.4, -0.2) is 80.4 Å². The highest BCUT2D eigenvalue weighted by atomic mass is 16.6. The van der Waals surface area contributed by atoms with Crippen LogP contribution in [0, 0.1) is 0 Å². The average molecular weight is 1090 g/mol. The van der Waals surface area contributed by atoms with Crippen LogP contribution in [0.4, 0.5) is 0 Å². The quantitative estimate of drug-likeness (QED) is 0.0373. The van der Waals surface area contributed by atoms with E-state index >= 15 is 0 Å². The third-order valence-corrected chi connectivity index (χ3v) is 13.6. The minimum Gasteiger partial charge on any atom is -0.499 e. The Hall–Kier alpha value is -7.10. The molecule has 8 aromatic carbocycles. The second-order valence-corrected chi connectivity index (χ2v) is 19.6. The van der Waals surface area contributed by atoms with Crippen LogP contribution in [0.3, 0.4) is 0 Å². The zero-order valence-electron chi connectivity index (χ0n) is 46.0. The predicted octanol–water partition coefficient (Wildman–Crippen LogP) is 12.8. The summed E-state index contributed by atoms with van der Waals surface area (Å²) in [5.41, 5.74) is 7.64. The molecule has 0 bridgehead atoms. The number of hydrogen-bond donors (Lipinski definition) is 1. The fourth-order valence-electron chi connectivity index (χ4n) is 9.26. The number of aliphatic hydroxyl groups excluding tert-OH is 1. The van der Waals surface area contributed by atoms with Crippen LogP contribution in [0.2, 0.25) is 0 Å². The van der Waals surface area contributed by atoms with Crippen molar-refractivity contribution in [2.45, 2.75) is 102 Å². The Labute approximate surface area is 478 Å². The van der Waals surface area contributed by atoms with Crippen LogP contribution >= 0.6 is 0 Å². The topological polar surface area (TPSA) is 113 Å². The van der Waals surface area contributed by atoms with E-state index in [0.29, 0.717) is 0 Å². The molecule has 0 unspecified atom stereocenters. The van der Waals surface area contributed by atoms with E-state index in [0.717, 1.165) is 44.5 Å². The summed E-state index contributed by atoms with van der Waals surface area (Å²) in [4.78, 5) is 0. The number of hydrogen-bond acceptors (Lipinski definition) is 11. The van der Waals surface area contributed by atoms with Crippen molar-refractivity contribution >= 4 is 0 Å². The van der Waals surface area contributed by atoms with E-state index < -0.39 is 48.8 Å².